The minimum absolute atomic E-state index is 0.187. The van der Waals surface area contributed by atoms with E-state index in [2.05, 4.69) is 26.1 Å². The highest BCUT2D eigenvalue weighted by atomic mass is 32.1. The third-order valence-corrected chi connectivity index (χ3v) is 5.39. The molecule has 2 fully saturated rings. The van der Waals surface area contributed by atoms with Gasteiger partial charge in [-0.25, -0.2) is 15.2 Å². The molecular weight excluding hydrogens is 342 g/mol. The Bertz CT molecular complexity index is 580. The van der Waals surface area contributed by atoms with E-state index in [-0.39, 0.29) is 12.1 Å². The quantitative estimate of drug-likeness (QED) is 0.558. The lowest BCUT2D eigenvalue weighted by Crippen LogP contribution is -2.49. The minimum atomic E-state index is -0.410. The number of nitrogens with one attached hydrogen (secondary N) is 3. The van der Waals surface area contributed by atoms with Crippen molar-refractivity contribution in [3.63, 3.8) is 0 Å². The number of morpholine rings is 1. The third kappa shape index (κ3) is 5.30. The summed E-state index contributed by atoms with van der Waals surface area (Å²) in [5.74, 6) is -0.410. The molecule has 25 heavy (non-hydrogen) atoms. The standard InChI is InChI=1S/C16H25N5O3S/c22-14(13-11-25-16(18-13)21-7-9-24-10-8-21)19-20-15(23)17-12-5-3-1-2-4-6-12/h11-12H,1-10H2,(H,19,22)(H2,17,20,23). The second-order valence-corrected chi connectivity index (χ2v) is 7.19. The van der Waals surface area contributed by atoms with Gasteiger partial charge in [0, 0.05) is 24.5 Å². The van der Waals surface area contributed by atoms with E-state index >= 15 is 0 Å². The van der Waals surface area contributed by atoms with Gasteiger partial charge in [0.25, 0.3) is 5.91 Å². The molecule has 0 radical (unpaired) electrons. The summed E-state index contributed by atoms with van der Waals surface area (Å²) < 4.78 is 5.31. The van der Waals surface area contributed by atoms with Crippen LogP contribution >= 0.6 is 11.3 Å². The van der Waals surface area contributed by atoms with Crippen LogP contribution in [-0.2, 0) is 4.74 Å². The normalized spacial score (nSPS) is 19.1. The third-order valence-electron chi connectivity index (χ3n) is 4.49. The van der Waals surface area contributed by atoms with Crippen LogP contribution in [0.1, 0.15) is 49.0 Å². The Morgan fingerprint density at radius 2 is 1.84 bits per heavy atom. The van der Waals surface area contributed by atoms with Crippen LogP contribution in [0.2, 0.25) is 0 Å². The molecule has 3 amide bonds. The molecule has 1 aromatic rings. The van der Waals surface area contributed by atoms with Gasteiger partial charge >= 0.3 is 6.03 Å². The van der Waals surface area contributed by atoms with E-state index in [1.54, 1.807) is 5.38 Å². The fraction of sp³-hybridized carbons (Fsp3) is 0.688. The average molecular weight is 367 g/mol. The number of urea groups is 1. The molecule has 0 spiro atoms. The maximum atomic E-state index is 12.1. The van der Waals surface area contributed by atoms with Crippen molar-refractivity contribution < 1.29 is 14.3 Å². The maximum Gasteiger partial charge on any atom is 0.333 e. The predicted octanol–water partition coefficient (Wildman–Crippen LogP) is 1.65. The molecule has 0 bridgehead atoms. The Labute approximate surface area is 151 Å². The van der Waals surface area contributed by atoms with Gasteiger partial charge in [-0.1, -0.05) is 25.7 Å². The van der Waals surface area contributed by atoms with Crippen molar-refractivity contribution in [1.29, 1.82) is 0 Å². The maximum absolute atomic E-state index is 12.1. The van der Waals surface area contributed by atoms with Crippen LogP contribution in [-0.4, -0.2) is 49.3 Å². The first kappa shape index (κ1) is 17.9. The van der Waals surface area contributed by atoms with Crippen LogP contribution in [0.25, 0.3) is 0 Å². The number of hydrogen-bond acceptors (Lipinski definition) is 6. The highest BCUT2D eigenvalue weighted by Crippen LogP contribution is 2.21. The largest absolute Gasteiger partial charge is 0.378 e. The number of thiazole rings is 1. The van der Waals surface area contributed by atoms with Crippen LogP contribution in [0, 0.1) is 0 Å². The number of hydrogen-bond donors (Lipinski definition) is 3. The lowest BCUT2D eigenvalue weighted by Gasteiger charge is -2.25. The molecule has 1 saturated carbocycles. The van der Waals surface area contributed by atoms with Crippen molar-refractivity contribution >= 4 is 28.4 Å². The SMILES string of the molecule is O=C(NNC(=O)c1csc(N2CCOCC2)n1)NC1CCCCCC1. The van der Waals surface area contributed by atoms with Gasteiger partial charge < -0.3 is 15.0 Å². The van der Waals surface area contributed by atoms with E-state index in [9.17, 15) is 9.59 Å². The first-order valence-electron chi connectivity index (χ1n) is 8.87. The first-order chi connectivity index (χ1) is 12.2. The van der Waals surface area contributed by atoms with Gasteiger partial charge in [-0.05, 0) is 12.8 Å². The zero-order valence-electron chi connectivity index (χ0n) is 14.3. The van der Waals surface area contributed by atoms with E-state index in [0.717, 1.165) is 43.9 Å². The molecule has 2 heterocycles. The molecule has 0 atom stereocenters. The van der Waals surface area contributed by atoms with E-state index < -0.39 is 5.91 Å². The Balaban J connectivity index is 1.44. The number of anilines is 1. The Hall–Kier alpha value is -1.87. The van der Waals surface area contributed by atoms with Gasteiger partial charge in [-0.2, -0.15) is 0 Å². The zero-order valence-corrected chi connectivity index (χ0v) is 15.1. The van der Waals surface area contributed by atoms with Crippen LogP contribution in [0.3, 0.4) is 0 Å². The van der Waals surface area contributed by atoms with Crippen molar-refractivity contribution in [2.24, 2.45) is 0 Å². The zero-order chi connectivity index (χ0) is 17.5. The molecular formula is C16H25N5O3S. The summed E-state index contributed by atoms with van der Waals surface area (Å²) in [6.07, 6.45) is 6.73. The van der Waals surface area contributed by atoms with Gasteiger partial charge in [0.2, 0.25) is 0 Å². The molecule has 0 unspecified atom stereocenters. The van der Waals surface area contributed by atoms with Gasteiger partial charge in [-0.3, -0.25) is 10.2 Å². The van der Waals surface area contributed by atoms with Crippen molar-refractivity contribution in [3.05, 3.63) is 11.1 Å². The minimum Gasteiger partial charge on any atom is -0.378 e. The molecule has 3 N–H and O–H groups in total. The number of carbonyl (C=O) groups is 2. The lowest BCUT2D eigenvalue weighted by molar-refractivity contribution is 0.0931. The number of ether oxygens (including phenoxy) is 1. The topological polar surface area (TPSA) is 95.6 Å². The van der Waals surface area contributed by atoms with Crippen LogP contribution in [0.4, 0.5) is 9.93 Å². The van der Waals surface area contributed by atoms with Crippen molar-refractivity contribution in [3.8, 4) is 0 Å². The molecule has 2 aliphatic rings. The average Bonchev–Trinajstić information content (AvgIpc) is 3.00. The number of nitrogens with zero attached hydrogens (tertiary/aromatic N) is 2. The van der Waals surface area contributed by atoms with E-state index in [1.807, 2.05) is 0 Å². The fourth-order valence-corrected chi connectivity index (χ4v) is 3.95. The molecule has 1 aliphatic carbocycles. The Morgan fingerprint density at radius 3 is 2.56 bits per heavy atom. The highest BCUT2D eigenvalue weighted by Gasteiger charge is 2.18. The smallest absolute Gasteiger partial charge is 0.333 e. The van der Waals surface area contributed by atoms with Crippen molar-refractivity contribution in [2.75, 3.05) is 31.2 Å². The number of carbonyl (C=O) groups excluding carboxylic acids is 2. The van der Waals surface area contributed by atoms with Crippen LogP contribution in [0.5, 0.6) is 0 Å². The molecule has 0 aromatic carbocycles. The van der Waals surface area contributed by atoms with E-state index in [0.29, 0.717) is 18.9 Å². The van der Waals surface area contributed by atoms with Crippen molar-refractivity contribution in [1.82, 2.24) is 21.2 Å². The second-order valence-electron chi connectivity index (χ2n) is 6.36. The Morgan fingerprint density at radius 1 is 1.12 bits per heavy atom. The summed E-state index contributed by atoms with van der Waals surface area (Å²) in [6.45, 7) is 2.89. The van der Waals surface area contributed by atoms with E-state index in [1.165, 1.54) is 24.2 Å². The van der Waals surface area contributed by atoms with Gasteiger partial charge in [0.05, 0.1) is 13.2 Å². The summed E-state index contributed by atoms with van der Waals surface area (Å²) in [6, 6.07) is -0.185. The molecule has 1 aliphatic heterocycles. The number of hydrazine groups is 1. The van der Waals surface area contributed by atoms with Crippen molar-refractivity contribution in [2.45, 2.75) is 44.6 Å². The summed E-state index contributed by atoms with van der Waals surface area (Å²) in [7, 11) is 0. The van der Waals surface area contributed by atoms with Crippen LogP contribution in [0.15, 0.2) is 5.38 Å². The van der Waals surface area contributed by atoms with Gasteiger partial charge in [-0.15, -0.1) is 11.3 Å². The molecule has 138 valence electrons. The first-order valence-corrected chi connectivity index (χ1v) is 9.75. The summed E-state index contributed by atoms with van der Waals surface area (Å²) in [4.78, 5) is 30.5. The predicted molar refractivity (Wildman–Crippen MR) is 95.8 cm³/mol. The Kier molecular flexibility index (Phi) is 6.46. The molecule has 1 saturated heterocycles. The molecule has 8 nitrogen and oxygen atoms in total. The molecule has 1 aromatic heterocycles. The van der Waals surface area contributed by atoms with Gasteiger partial charge in [0.1, 0.15) is 5.69 Å². The second kappa shape index (κ2) is 9.00. The highest BCUT2D eigenvalue weighted by molar-refractivity contribution is 7.13. The number of amides is 3. The summed E-state index contributed by atoms with van der Waals surface area (Å²) in [5.41, 5.74) is 5.15. The molecule has 3 rings (SSSR count). The fourth-order valence-electron chi connectivity index (χ4n) is 3.09. The van der Waals surface area contributed by atoms with Gasteiger partial charge in [0.15, 0.2) is 5.13 Å². The lowest BCUT2D eigenvalue weighted by atomic mass is 10.1. The number of aromatic nitrogens is 1. The monoisotopic (exact) mass is 367 g/mol. The molecule has 9 heteroatoms. The summed E-state index contributed by atoms with van der Waals surface area (Å²) >= 11 is 1.42. The summed E-state index contributed by atoms with van der Waals surface area (Å²) in [5, 5.41) is 5.42. The van der Waals surface area contributed by atoms with Crippen LogP contribution < -0.4 is 21.1 Å². The van der Waals surface area contributed by atoms with E-state index in [4.69, 9.17) is 4.74 Å². The number of rotatable bonds is 3.